The Kier molecular flexibility index (Phi) is 7.00. The highest BCUT2D eigenvalue weighted by atomic mass is 32.2. The molecule has 0 heterocycles. The predicted octanol–water partition coefficient (Wildman–Crippen LogP) is 4.39. The Morgan fingerprint density at radius 2 is 1.95 bits per heavy atom. The lowest BCUT2D eigenvalue weighted by Crippen LogP contribution is -2.32. The Balaban J connectivity index is 2.49. The van der Waals surface area contributed by atoms with Gasteiger partial charge in [0.2, 0.25) is 0 Å². The molecule has 1 aromatic carbocycles. The average molecular weight is 280 g/mol. The van der Waals surface area contributed by atoms with Crippen molar-refractivity contribution in [3.8, 4) is 0 Å². The first-order valence-corrected chi connectivity index (χ1v) is 7.98. The standard InChI is InChI=1S/C16H24O2S/c1-3-4-8-13-19-16(2,15(17)18)12-11-14-9-6-5-7-10-14/h5-7,9-10H,3-4,8,11-13H2,1-2H3,(H,17,18). The van der Waals surface area contributed by atoms with Gasteiger partial charge in [-0.1, -0.05) is 50.1 Å². The summed E-state index contributed by atoms with van der Waals surface area (Å²) in [5.41, 5.74) is 1.21. The molecule has 0 radical (unpaired) electrons. The molecule has 1 rings (SSSR count). The van der Waals surface area contributed by atoms with Crippen LogP contribution in [0.2, 0.25) is 0 Å². The molecule has 0 aliphatic heterocycles. The van der Waals surface area contributed by atoms with E-state index in [1.165, 1.54) is 18.4 Å². The van der Waals surface area contributed by atoms with Gasteiger partial charge >= 0.3 is 5.97 Å². The number of carbonyl (C=O) groups is 1. The van der Waals surface area contributed by atoms with Crippen molar-refractivity contribution in [1.82, 2.24) is 0 Å². The van der Waals surface area contributed by atoms with E-state index in [0.29, 0.717) is 6.42 Å². The molecule has 1 atom stereocenters. The van der Waals surface area contributed by atoms with Gasteiger partial charge in [0, 0.05) is 0 Å². The summed E-state index contributed by atoms with van der Waals surface area (Å²) in [7, 11) is 0. The monoisotopic (exact) mass is 280 g/mol. The summed E-state index contributed by atoms with van der Waals surface area (Å²) >= 11 is 1.59. The highest BCUT2D eigenvalue weighted by molar-refractivity contribution is 8.01. The zero-order valence-corrected chi connectivity index (χ0v) is 12.7. The summed E-state index contributed by atoms with van der Waals surface area (Å²) < 4.78 is -0.663. The van der Waals surface area contributed by atoms with Crippen LogP contribution in [0.15, 0.2) is 30.3 Å². The quantitative estimate of drug-likeness (QED) is 0.682. The molecular formula is C16H24O2S. The van der Waals surface area contributed by atoms with Crippen LogP contribution in [-0.4, -0.2) is 21.6 Å². The van der Waals surface area contributed by atoms with Crippen molar-refractivity contribution in [3.63, 3.8) is 0 Å². The van der Waals surface area contributed by atoms with Gasteiger partial charge in [-0.3, -0.25) is 4.79 Å². The molecule has 0 bridgehead atoms. The fraction of sp³-hybridized carbons (Fsp3) is 0.562. The number of unbranched alkanes of at least 4 members (excludes halogenated alkanes) is 2. The molecule has 0 aliphatic carbocycles. The lowest BCUT2D eigenvalue weighted by molar-refractivity contribution is -0.139. The molecular weight excluding hydrogens is 256 g/mol. The van der Waals surface area contributed by atoms with Crippen LogP contribution in [0.4, 0.5) is 0 Å². The van der Waals surface area contributed by atoms with Crippen LogP contribution < -0.4 is 0 Å². The largest absolute Gasteiger partial charge is 0.480 e. The minimum Gasteiger partial charge on any atom is -0.480 e. The molecule has 3 heteroatoms. The fourth-order valence-corrected chi connectivity index (χ4v) is 3.09. The van der Waals surface area contributed by atoms with Crippen molar-refractivity contribution in [1.29, 1.82) is 0 Å². The van der Waals surface area contributed by atoms with E-state index in [1.54, 1.807) is 11.8 Å². The lowest BCUT2D eigenvalue weighted by Gasteiger charge is -2.24. The van der Waals surface area contributed by atoms with Crippen molar-refractivity contribution in [2.75, 3.05) is 5.75 Å². The Morgan fingerprint density at radius 1 is 1.26 bits per heavy atom. The number of aryl methyl sites for hydroxylation is 1. The van der Waals surface area contributed by atoms with E-state index in [0.717, 1.165) is 18.6 Å². The summed E-state index contributed by atoms with van der Waals surface area (Å²) in [5, 5.41) is 9.45. The SMILES string of the molecule is CCCCCSC(C)(CCc1ccccc1)C(=O)O. The molecule has 106 valence electrons. The molecule has 0 saturated heterocycles. The number of rotatable bonds is 9. The maximum Gasteiger partial charge on any atom is 0.319 e. The summed E-state index contributed by atoms with van der Waals surface area (Å²) in [6.45, 7) is 4.02. The van der Waals surface area contributed by atoms with Crippen LogP contribution in [0.3, 0.4) is 0 Å². The third-order valence-electron chi connectivity index (χ3n) is 3.35. The Bertz CT molecular complexity index is 378. The number of hydrogen-bond donors (Lipinski definition) is 1. The number of carboxylic acids is 1. The van der Waals surface area contributed by atoms with Crippen molar-refractivity contribution < 1.29 is 9.90 Å². The fourth-order valence-electron chi connectivity index (χ4n) is 1.92. The van der Waals surface area contributed by atoms with E-state index in [2.05, 4.69) is 19.1 Å². The number of benzene rings is 1. The summed E-state index contributed by atoms with van der Waals surface area (Å²) in [5.74, 6) is 0.246. The van der Waals surface area contributed by atoms with Crippen molar-refractivity contribution in [2.24, 2.45) is 0 Å². The average Bonchev–Trinajstić information content (AvgIpc) is 2.42. The second kappa shape index (κ2) is 8.26. The van der Waals surface area contributed by atoms with E-state index < -0.39 is 10.7 Å². The number of aliphatic carboxylic acids is 1. The lowest BCUT2D eigenvalue weighted by atomic mass is 10.0. The van der Waals surface area contributed by atoms with E-state index in [-0.39, 0.29) is 0 Å². The summed E-state index contributed by atoms with van der Waals surface area (Å²) in [6.07, 6.45) is 4.97. The first kappa shape index (κ1) is 16.1. The molecule has 0 amide bonds. The van der Waals surface area contributed by atoms with Crippen LogP contribution in [0, 0.1) is 0 Å². The molecule has 0 aliphatic rings. The topological polar surface area (TPSA) is 37.3 Å². The highest BCUT2D eigenvalue weighted by Gasteiger charge is 2.32. The van der Waals surface area contributed by atoms with Crippen LogP contribution >= 0.6 is 11.8 Å². The van der Waals surface area contributed by atoms with Gasteiger partial charge in [0.15, 0.2) is 0 Å². The normalized spacial score (nSPS) is 14.0. The molecule has 0 fully saturated rings. The van der Waals surface area contributed by atoms with Gasteiger partial charge in [0.25, 0.3) is 0 Å². The van der Waals surface area contributed by atoms with Crippen molar-refractivity contribution in [2.45, 2.75) is 50.7 Å². The zero-order chi connectivity index (χ0) is 14.1. The van der Waals surface area contributed by atoms with Crippen molar-refractivity contribution >= 4 is 17.7 Å². The first-order chi connectivity index (χ1) is 9.08. The minimum atomic E-state index is -0.690. The Hall–Kier alpha value is -0.960. The molecule has 1 N–H and O–H groups in total. The van der Waals surface area contributed by atoms with Crippen LogP contribution in [0.5, 0.6) is 0 Å². The van der Waals surface area contributed by atoms with Gasteiger partial charge in [0.1, 0.15) is 4.75 Å². The predicted molar refractivity (Wildman–Crippen MR) is 82.8 cm³/mol. The third-order valence-corrected chi connectivity index (χ3v) is 4.86. The third kappa shape index (κ3) is 5.68. The van der Waals surface area contributed by atoms with E-state index in [1.807, 2.05) is 25.1 Å². The molecule has 1 unspecified atom stereocenters. The van der Waals surface area contributed by atoms with Crippen LogP contribution in [0.1, 0.15) is 45.1 Å². The van der Waals surface area contributed by atoms with Gasteiger partial charge in [-0.25, -0.2) is 0 Å². The van der Waals surface area contributed by atoms with Gasteiger partial charge in [0.05, 0.1) is 0 Å². The minimum absolute atomic E-state index is 0.663. The molecule has 0 aromatic heterocycles. The number of thioether (sulfide) groups is 1. The smallest absolute Gasteiger partial charge is 0.319 e. The molecule has 2 nitrogen and oxygen atoms in total. The number of carboxylic acid groups (broad SMARTS) is 1. The second-order valence-corrected chi connectivity index (χ2v) is 6.68. The van der Waals surface area contributed by atoms with Gasteiger partial charge in [-0.05, 0) is 37.5 Å². The van der Waals surface area contributed by atoms with Crippen molar-refractivity contribution in [3.05, 3.63) is 35.9 Å². The zero-order valence-electron chi connectivity index (χ0n) is 11.9. The molecule has 0 spiro atoms. The first-order valence-electron chi connectivity index (χ1n) is 7.00. The second-order valence-electron chi connectivity index (χ2n) is 5.08. The molecule has 0 saturated carbocycles. The Morgan fingerprint density at radius 3 is 2.53 bits per heavy atom. The van der Waals surface area contributed by atoms with E-state index in [9.17, 15) is 9.90 Å². The van der Waals surface area contributed by atoms with Crippen LogP contribution in [-0.2, 0) is 11.2 Å². The molecule has 1 aromatic rings. The highest BCUT2D eigenvalue weighted by Crippen LogP contribution is 2.31. The van der Waals surface area contributed by atoms with E-state index >= 15 is 0 Å². The summed E-state index contributed by atoms with van der Waals surface area (Å²) in [6, 6.07) is 10.1. The summed E-state index contributed by atoms with van der Waals surface area (Å²) in [4.78, 5) is 11.5. The van der Waals surface area contributed by atoms with E-state index in [4.69, 9.17) is 0 Å². The van der Waals surface area contributed by atoms with Gasteiger partial charge in [-0.2, -0.15) is 0 Å². The maximum absolute atomic E-state index is 11.5. The number of hydrogen-bond acceptors (Lipinski definition) is 2. The molecule has 19 heavy (non-hydrogen) atoms. The van der Waals surface area contributed by atoms with Gasteiger partial charge < -0.3 is 5.11 Å². The van der Waals surface area contributed by atoms with Gasteiger partial charge in [-0.15, -0.1) is 11.8 Å². The maximum atomic E-state index is 11.5. The van der Waals surface area contributed by atoms with Crippen LogP contribution in [0.25, 0.3) is 0 Å². The Labute approximate surface area is 120 Å².